The van der Waals surface area contributed by atoms with Crippen LogP contribution in [0.15, 0.2) is 71.6 Å². The lowest BCUT2D eigenvalue weighted by atomic mass is 10.1. The molecule has 43 heavy (non-hydrogen) atoms. The molecule has 0 saturated heterocycles. The number of carbonyl (C=O) groups is 2. The van der Waals surface area contributed by atoms with Crippen molar-refractivity contribution < 1.29 is 27.7 Å². The molecule has 0 spiro atoms. The maximum Gasteiger partial charge on any atom is 0.273 e. The molecule has 3 aromatic rings. The summed E-state index contributed by atoms with van der Waals surface area (Å²) in [5.74, 6) is -0.973. The normalized spacial score (nSPS) is 12.0. The number of sulfonamides is 1. The van der Waals surface area contributed by atoms with Gasteiger partial charge in [0.2, 0.25) is 11.8 Å². The Bertz CT molecular complexity index is 1580. The van der Waals surface area contributed by atoms with Gasteiger partial charge in [-0.25, -0.2) is 8.42 Å². The van der Waals surface area contributed by atoms with Crippen LogP contribution in [0.25, 0.3) is 0 Å². The first kappa shape index (κ1) is 33.3. The minimum absolute atomic E-state index is 0.0473. The molecule has 0 aromatic heterocycles. The fourth-order valence-corrected chi connectivity index (χ4v) is 6.02. The second-order valence-corrected chi connectivity index (χ2v) is 12.5. The number of aryl methyl sites for hydroxylation is 1. The van der Waals surface area contributed by atoms with Gasteiger partial charge in [0.25, 0.3) is 15.7 Å². The first-order valence-electron chi connectivity index (χ1n) is 13.5. The summed E-state index contributed by atoms with van der Waals surface area (Å²) in [5.41, 5.74) is 0.747. The maximum atomic E-state index is 14.1. The van der Waals surface area contributed by atoms with Gasteiger partial charge in [0.1, 0.15) is 18.3 Å². The molecule has 0 fully saturated rings. The zero-order valence-corrected chi connectivity index (χ0v) is 26.2. The molecule has 1 atom stereocenters. The number of anilines is 1. The van der Waals surface area contributed by atoms with E-state index in [4.69, 9.17) is 16.3 Å². The van der Waals surface area contributed by atoms with Crippen LogP contribution in [0, 0.1) is 17.0 Å². The van der Waals surface area contributed by atoms with E-state index in [1.165, 1.54) is 49.3 Å². The van der Waals surface area contributed by atoms with E-state index in [0.29, 0.717) is 6.42 Å². The summed E-state index contributed by atoms with van der Waals surface area (Å²) in [6, 6.07) is 16.0. The molecule has 1 unspecified atom stereocenters. The summed E-state index contributed by atoms with van der Waals surface area (Å²) in [4.78, 5) is 38.9. The molecule has 13 heteroatoms. The Morgan fingerprint density at radius 2 is 1.72 bits per heavy atom. The van der Waals surface area contributed by atoms with E-state index in [9.17, 15) is 28.1 Å². The average Bonchev–Trinajstić information content (AvgIpc) is 2.95. The number of nitrogens with zero attached hydrogens (tertiary/aromatic N) is 3. The molecule has 0 saturated carbocycles. The highest BCUT2D eigenvalue weighted by atomic mass is 35.5. The predicted molar refractivity (Wildman–Crippen MR) is 165 cm³/mol. The van der Waals surface area contributed by atoms with E-state index in [1.807, 2.05) is 30.3 Å². The van der Waals surface area contributed by atoms with Crippen LogP contribution in [-0.4, -0.2) is 62.3 Å². The Balaban J connectivity index is 2.11. The number of rotatable bonds is 13. The molecule has 0 radical (unpaired) electrons. The molecule has 0 aliphatic heterocycles. The van der Waals surface area contributed by atoms with Crippen molar-refractivity contribution in [2.45, 2.75) is 51.1 Å². The molecule has 3 rings (SSSR count). The van der Waals surface area contributed by atoms with Crippen LogP contribution < -0.4 is 14.4 Å². The molecule has 0 aliphatic rings. The van der Waals surface area contributed by atoms with Crippen molar-refractivity contribution >= 4 is 44.8 Å². The van der Waals surface area contributed by atoms with Crippen LogP contribution in [0.3, 0.4) is 0 Å². The number of halogens is 1. The SMILES string of the molecule is COc1ccc(Cl)cc1N(CC(=O)N(CCc1ccccc1)C(C)C(=O)NC(C)C)S(=O)(=O)c1ccc(C)c([N+](=O)[O-])c1. The Labute approximate surface area is 256 Å². The van der Waals surface area contributed by atoms with Crippen LogP contribution in [0.1, 0.15) is 31.9 Å². The molecule has 2 amide bonds. The number of nitro groups is 1. The van der Waals surface area contributed by atoms with Gasteiger partial charge in [-0.15, -0.1) is 0 Å². The van der Waals surface area contributed by atoms with Crippen LogP contribution in [0.4, 0.5) is 11.4 Å². The Kier molecular flexibility index (Phi) is 11.1. The van der Waals surface area contributed by atoms with Gasteiger partial charge in [-0.2, -0.15) is 0 Å². The zero-order valence-electron chi connectivity index (χ0n) is 24.6. The summed E-state index contributed by atoms with van der Waals surface area (Å²) >= 11 is 6.24. The van der Waals surface area contributed by atoms with Gasteiger partial charge >= 0.3 is 0 Å². The lowest BCUT2D eigenvalue weighted by Gasteiger charge is -2.32. The molecular weight excluding hydrogens is 596 g/mol. The second-order valence-electron chi connectivity index (χ2n) is 10.2. The summed E-state index contributed by atoms with van der Waals surface area (Å²) in [6.07, 6.45) is 0.406. The number of hydrogen-bond acceptors (Lipinski definition) is 7. The number of benzene rings is 3. The number of methoxy groups -OCH3 is 1. The summed E-state index contributed by atoms with van der Waals surface area (Å²) < 4.78 is 34.5. The number of nitro benzene ring substituents is 1. The number of ether oxygens (including phenoxy) is 1. The Hall–Kier alpha value is -4.16. The van der Waals surface area contributed by atoms with Gasteiger partial charge in [-0.1, -0.05) is 48.0 Å². The zero-order chi connectivity index (χ0) is 31.9. The van der Waals surface area contributed by atoms with Crippen LogP contribution >= 0.6 is 11.6 Å². The van der Waals surface area contributed by atoms with Gasteiger partial charge in [-0.3, -0.25) is 24.0 Å². The van der Waals surface area contributed by atoms with Crippen LogP contribution in [-0.2, 0) is 26.0 Å². The minimum atomic E-state index is -4.59. The van der Waals surface area contributed by atoms with Crippen molar-refractivity contribution in [3.8, 4) is 5.75 Å². The summed E-state index contributed by atoms with van der Waals surface area (Å²) in [7, 11) is -3.26. The highest BCUT2D eigenvalue weighted by molar-refractivity contribution is 7.92. The Morgan fingerprint density at radius 3 is 2.33 bits per heavy atom. The third kappa shape index (κ3) is 8.23. The van der Waals surface area contributed by atoms with E-state index in [2.05, 4.69) is 5.32 Å². The molecular formula is C30H35ClN4O7S. The highest BCUT2D eigenvalue weighted by Gasteiger charge is 2.34. The number of amides is 2. The lowest BCUT2D eigenvalue weighted by Crippen LogP contribution is -2.53. The molecule has 1 N–H and O–H groups in total. The largest absolute Gasteiger partial charge is 0.495 e. The lowest BCUT2D eigenvalue weighted by molar-refractivity contribution is -0.385. The number of carbonyl (C=O) groups excluding carboxylic acids is 2. The quantitative estimate of drug-likeness (QED) is 0.212. The first-order valence-corrected chi connectivity index (χ1v) is 15.3. The van der Waals surface area contributed by atoms with Gasteiger partial charge in [0.15, 0.2) is 0 Å². The number of hydrogen-bond donors (Lipinski definition) is 1. The topological polar surface area (TPSA) is 139 Å². The van der Waals surface area contributed by atoms with E-state index in [0.717, 1.165) is 15.9 Å². The van der Waals surface area contributed by atoms with Crippen molar-refractivity contribution in [1.29, 1.82) is 0 Å². The Morgan fingerprint density at radius 1 is 1.05 bits per heavy atom. The van der Waals surface area contributed by atoms with Gasteiger partial charge in [0.05, 0.1) is 22.6 Å². The third-order valence-electron chi connectivity index (χ3n) is 6.74. The summed E-state index contributed by atoms with van der Waals surface area (Å²) in [6.45, 7) is 6.02. The monoisotopic (exact) mass is 630 g/mol. The molecule has 3 aromatic carbocycles. The van der Waals surface area contributed by atoms with Gasteiger partial charge in [-0.05, 0) is 63.9 Å². The van der Waals surface area contributed by atoms with Crippen molar-refractivity contribution in [1.82, 2.24) is 10.2 Å². The minimum Gasteiger partial charge on any atom is -0.495 e. The molecule has 11 nitrogen and oxygen atoms in total. The second kappa shape index (κ2) is 14.3. The van der Waals surface area contributed by atoms with Crippen molar-refractivity contribution in [2.24, 2.45) is 0 Å². The fourth-order valence-electron chi connectivity index (χ4n) is 4.42. The van der Waals surface area contributed by atoms with E-state index >= 15 is 0 Å². The smallest absolute Gasteiger partial charge is 0.273 e. The molecule has 0 heterocycles. The van der Waals surface area contributed by atoms with Crippen LogP contribution in [0.5, 0.6) is 5.75 Å². The highest BCUT2D eigenvalue weighted by Crippen LogP contribution is 2.36. The summed E-state index contributed by atoms with van der Waals surface area (Å²) in [5, 5.41) is 14.6. The van der Waals surface area contributed by atoms with E-state index < -0.39 is 49.9 Å². The van der Waals surface area contributed by atoms with Crippen molar-refractivity contribution in [2.75, 3.05) is 24.5 Å². The predicted octanol–water partition coefficient (Wildman–Crippen LogP) is 4.74. The molecule has 230 valence electrons. The van der Waals surface area contributed by atoms with Crippen molar-refractivity contribution in [3.63, 3.8) is 0 Å². The standard InChI is InChI=1S/C30H35ClN4O7S/c1-20(2)32-30(37)22(4)33(16-15-23-9-7-6-8-10-23)29(36)19-34(27-17-24(31)12-14-28(27)42-5)43(40,41)25-13-11-21(3)26(18-25)35(38)39/h6-14,17-18,20,22H,15-16,19H2,1-5H3,(H,32,37). The first-order chi connectivity index (χ1) is 20.3. The van der Waals surface area contributed by atoms with Crippen LogP contribution in [0.2, 0.25) is 5.02 Å². The number of nitrogens with one attached hydrogen (secondary N) is 1. The van der Waals surface area contributed by atoms with E-state index in [-0.39, 0.29) is 34.6 Å². The molecule has 0 bridgehead atoms. The van der Waals surface area contributed by atoms with Gasteiger partial charge in [0, 0.05) is 29.2 Å². The van der Waals surface area contributed by atoms with Gasteiger partial charge < -0.3 is 15.0 Å². The molecule has 0 aliphatic carbocycles. The third-order valence-corrected chi connectivity index (χ3v) is 8.73. The average molecular weight is 631 g/mol. The van der Waals surface area contributed by atoms with Crippen molar-refractivity contribution in [3.05, 3.63) is 93.0 Å². The van der Waals surface area contributed by atoms with E-state index in [1.54, 1.807) is 20.8 Å². The maximum absolute atomic E-state index is 14.1. The fraction of sp³-hybridized carbons (Fsp3) is 0.333.